The minimum absolute atomic E-state index is 0.708. The molecule has 0 unspecified atom stereocenters. The van der Waals surface area contributed by atoms with Crippen molar-refractivity contribution in [2.75, 3.05) is 13.1 Å². The second-order valence-electron chi connectivity index (χ2n) is 1.11. The fourth-order valence-corrected chi connectivity index (χ4v) is 0.586. The van der Waals surface area contributed by atoms with E-state index in [4.69, 9.17) is 0 Å². The molecule has 0 aromatic heterocycles. The predicted molar refractivity (Wildman–Crippen MR) is 30.8 cm³/mol. The van der Waals surface area contributed by atoms with Crippen molar-refractivity contribution in [1.29, 1.82) is 0 Å². The van der Waals surface area contributed by atoms with Gasteiger partial charge in [0.25, 0.3) is 0 Å². The van der Waals surface area contributed by atoms with E-state index in [2.05, 4.69) is 18.6 Å². The summed E-state index contributed by atoms with van der Waals surface area (Å²) in [6.07, 6.45) is 0. The topological polar surface area (TPSA) is 49.4 Å². The molecule has 0 amide bonds. The van der Waals surface area contributed by atoms with Crippen molar-refractivity contribution in [1.82, 2.24) is 0 Å². The van der Waals surface area contributed by atoms with E-state index in [1.807, 2.05) is 13.8 Å². The number of nitrogens with zero attached hydrogens (tertiary/aromatic N) is 4. The van der Waals surface area contributed by atoms with E-state index in [9.17, 15) is 0 Å². The summed E-state index contributed by atoms with van der Waals surface area (Å²) >= 11 is 0.858. The van der Waals surface area contributed by atoms with E-state index >= 15 is 0 Å². The quantitative estimate of drug-likeness (QED) is 0.459. The van der Waals surface area contributed by atoms with Gasteiger partial charge in [0, 0.05) is 0 Å². The van der Waals surface area contributed by atoms with Crippen molar-refractivity contribution in [3.8, 4) is 0 Å². The van der Waals surface area contributed by atoms with Crippen molar-refractivity contribution in [2.24, 2.45) is 18.6 Å². The van der Waals surface area contributed by atoms with Crippen LogP contribution in [0.1, 0.15) is 13.8 Å². The van der Waals surface area contributed by atoms with Crippen LogP contribution >= 0.6 is 0 Å². The van der Waals surface area contributed by atoms with Crippen LogP contribution in [-0.4, -0.2) is 13.1 Å². The van der Waals surface area contributed by atoms with Gasteiger partial charge in [-0.2, -0.15) is 0 Å². The van der Waals surface area contributed by atoms with Gasteiger partial charge in [0.15, 0.2) is 0 Å². The van der Waals surface area contributed by atoms with E-state index < -0.39 is 0 Å². The number of hydrogen-bond acceptors (Lipinski definition) is 4. The molecular weight excluding hydrogens is 163 g/mol. The average Bonchev–Trinajstić information content (AvgIpc) is 1.89. The molecule has 4 nitrogen and oxygen atoms in total. The van der Waals surface area contributed by atoms with Crippen LogP contribution in [0.4, 0.5) is 0 Å². The Bertz CT molecular complexity index is 88.7. The Morgan fingerprint density at radius 1 is 1.00 bits per heavy atom. The molecule has 0 N–H and O–H groups in total. The zero-order valence-electron chi connectivity index (χ0n) is 5.52. The first-order valence-electron chi connectivity index (χ1n) is 2.73. The Morgan fingerprint density at radius 2 is 1.44 bits per heavy atom. The van der Waals surface area contributed by atoms with Gasteiger partial charge in [0.1, 0.15) is 0 Å². The summed E-state index contributed by atoms with van der Waals surface area (Å²) in [5.74, 6) is 0. The molecule has 0 aliphatic heterocycles. The summed E-state index contributed by atoms with van der Waals surface area (Å²) in [4.78, 5) is 0. The van der Waals surface area contributed by atoms with Crippen LogP contribution in [0.3, 0.4) is 0 Å². The van der Waals surface area contributed by atoms with Crippen LogP contribution in [0.15, 0.2) is 18.6 Å². The van der Waals surface area contributed by atoms with Gasteiger partial charge in [-0.15, -0.1) is 0 Å². The molecule has 0 saturated heterocycles. The van der Waals surface area contributed by atoms with Gasteiger partial charge in [-0.25, -0.2) is 0 Å². The molecule has 0 aromatic carbocycles. The van der Waals surface area contributed by atoms with Crippen LogP contribution in [0.5, 0.6) is 0 Å². The molecule has 0 radical (unpaired) electrons. The SMILES string of the molecule is CC/N=[N]/[Ni]/[N]=N/CC. The van der Waals surface area contributed by atoms with Crippen molar-refractivity contribution in [3.63, 3.8) is 0 Å². The predicted octanol–water partition coefficient (Wildman–Crippen LogP) is 1.84. The molecule has 9 heavy (non-hydrogen) atoms. The van der Waals surface area contributed by atoms with Gasteiger partial charge in [0.2, 0.25) is 0 Å². The third-order valence-corrected chi connectivity index (χ3v) is 0.885. The summed E-state index contributed by atoms with van der Waals surface area (Å²) in [7, 11) is 0. The van der Waals surface area contributed by atoms with Crippen LogP contribution in [0.25, 0.3) is 0 Å². The third-order valence-electron chi connectivity index (χ3n) is 0.429. The van der Waals surface area contributed by atoms with Crippen LogP contribution in [-0.2, 0) is 14.9 Å². The molecule has 0 heterocycles. The Balaban J connectivity index is 3.08. The zero-order valence-corrected chi connectivity index (χ0v) is 6.51. The summed E-state index contributed by atoms with van der Waals surface area (Å²) in [5.41, 5.74) is 0. The molecule has 0 aliphatic rings. The first kappa shape index (κ1) is 8.69. The third kappa shape index (κ3) is 7.69. The van der Waals surface area contributed by atoms with Gasteiger partial charge in [-0.1, -0.05) is 0 Å². The monoisotopic (exact) mass is 172 g/mol. The zero-order chi connectivity index (χ0) is 6.95. The normalized spacial score (nSPS) is 12.2. The molecule has 0 aromatic rings. The second kappa shape index (κ2) is 7.69. The molecule has 0 spiro atoms. The minimum atomic E-state index is 0.708. The number of rotatable bonds is 4. The second-order valence-corrected chi connectivity index (χ2v) is 1.70. The Hall–Kier alpha value is -0.306. The standard InChI is InChI=1S/2C2H5N2.Ni/c2*1-2-4-3;/h2*2H2,1H3;/q2*-1;+2. The molecule has 0 atom stereocenters. The van der Waals surface area contributed by atoms with Crippen molar-refractivity contribution in [3.05, 3.63) is 0 Å². The first-order chi connectivity index (χ1) is 4.41. The average molecular weight is 173 g/mol. The van der Waals surface area contributed by atoms with Gasteiger partial charge in [-0.3, -0.25) is 0 Å². The van der Waals surface area contributed by atoms with E-state index in [0.29, 0.717) is 13.1 Å². The Kier molecular flexibility index (Phi) is 7.43. The van der Waals surface area contributed by atoms with Crippen molar-refractivity contribution >= 4 is 0 Å². The summed E-state index contributed by atoms with van der Waals surface area (Å²) in [6, 6.07) is 0. The first-order valence-corrected chi connectivity index (χ1v) is 3.61. The van der Waals surface area contributed by atoms with E-state index in [-0.39, 0.29) is 0 Å². The summed E-state index contributed by atoms with van der Waals surface area (Å²) in [5, 5.41) is 7.37. The summed E-state index contributed by atoms with van der Waals surface area (Å²) < 4.78 is 7.26. The van der Waals surface area contributed by atoms with Crippen molar-refractivity contribution < 1.29 is 14.9 Å². The molecule has 0 aliphatic carbocycles. The molecule has 0 bridgehead atoms. The molecule has 0 rings (SSSR count). The number of hydrogen-bond donors (Lipinski definition) is 0. The maximum absolute atomic E-state index is 3.69. The fourth-order valence-electron chi connectivity index (χ4n) is 0.142. The Morgan fingerprint density at radius 3 is 1.78 bits per heavy atom. The van der Waals surface area contributed by atoms with Gasteiger partial charge in [0.05, 0.1) is 0 Å². The molecule has 0 saturated carbocycles. The molecular formula is C4H10N4Ni. The van der Waals surface area contributed by atoms with Crippen LogP contribution < -0.4 is 0 Å². The van der Waals surface area contributed by atoms with Crippen LogP contribution in [0.2, 0.25) is 0 Å². The molecule has 56 valence electrons. The summed E-state index contributed by atoms with van der Waals surface area (Å²) in [6.45, 7) is 5.26. The fraction of sp³-hybridized carbons (Fsp3) is 1.00. The van der Waals surface area contributed by atoms with E-state index in [1.54, 1.807) is 0 Å². The van der Waals surface area contributed by atoms with E-state index in [0.717, 1.165) is 14.9 Å². The van der Waals surface area contributed by atoms with Gasteiger partial charge < -0.3 is 0 Å². The van der Waals surface area contributed by atoms with E-state index in [1.165, 1.54) is 0 Å². The van der Waals surface area contributed by atoms with Gasteiger partial charge >= 0.3 is 60.4 Å². The maximum atomic E-state index is 3.69. The molecule has 0 fully saturated rings. The van der Waals surface area contributed by atoms with Gasteiger partial charge in [-0.05, 0) is 0 Å². The van der Waals surface area contributed by atoms with Crippen LogP contribution in [0, 0.1) is 0 Å². The Labute approximate surface area is 61.1 Å². The molecule has 5 heteroatoms. The van der Waals surface area contributed by atoms with Crippen molar-refractivity contribution in [2.45, 2.75) is 13.8 Å².